The van der Waals surface area contributed by atoms with Crippen molar-refractivity contribution >= 4 is 27.7 Å². The number of halogens is 1. The molecule has 9 rings (SSSR count). The molecule has 7 aromatic rings. The minimum absolute atomic E-state index is 0.0178. The average molecular weight is 817 g/mol. The van der Waals surface area contributed by atoms with Gasteiger partial charge in [0, 0.05) is 29.7 Å². The molecule has 1 fully saturated rings. The smallest absolute Gasteiger partial charge is 0.230 e. The van der Waals surface area contributed by atoms with Crippen molar-refractivity contribution in [3.63, 3.8) is 0 Å². The van der Waals surface area contributed by atoms with Gasteiger partial charge in [-0.3, -0.25) is 14.5 Å². The number of hydrogen-bond donors (Lipinski definition) is 0. The monoisotopic (exact) mass is 815 g/mol. The summed E-state index contributed by atoms with van der Waals surface area (Å²) in [7, 11) is 0. The number of aryl methyl sites for hydroxylation is 1. The number of alkyl halides is 1. The molecule has 3 atom stereocenters. The van der Waals surface area contributed by atoms with E-state index in [0.29, 0.717) is 12.2 Å². The second-order valence-corrected chi connectivity index (χ2v) is 16.0. The summed E-state index contributed by atoms with van der Waals surface area (Å²) in [6, 6.07) is 47.5. The zero-order chi connectivity index (χ0) is 38.9. The van der Waals surface area contributed by atoms with Crippen LogP contribution >= 0.6 is 15.9 Å². The molecule has 0 aliphatic carbocycles. The Hall–Kier alpha value is -6.00. The summed E-state index contributed by atoms with van der Waals surface area (Å²) in [6.07, 6.45) is 5.98. The number of hydrogen-bond acceptors (Lipinski definition) is 6. The largest absolute Gasteiger partial charge is 0.322 e. The minimum atomic E-state index is -0.880. The number of tetrazole rings is 1. The van der Waals surface area contributed by atoms with Gasteiger partial charge >= 0.3 is 0 Å². The molecular formula is C47H42BrN7O2. The molecule has 1 saturated heterocycles. The van der Waals surface area contributed by atoms with E-state index in [9.17, 15) is 9.59 Å². The average Bonchev–Trinajstić information content (AvgIpc) is 4.01. The second-order valence-electron chi connectivity index (χ2n) is 14.8. The highest BCUT2D eigenvalue weighted by Gasteiger charge is 2.46. The summed E-state index contributed by atoms with van der Waals surface area (Å²) in [5.74, 6) is 1.29. The third-order valence-corrected chi connectivity index (χ3v) is 12.4. The standard InChI is InChI=1S/C47H42BrN7O2/c1-2-3-23-42-49-31-41-45(54-43(56)28-29-44(54)57)39(48)30-40(53(41)42)33-26-24-32(25-27-33)37-21-13-14-22-38(37)46-50-52-55(51-46)47(34-15-7-4-8-16-34,35-17-9-5-10-18-35)36-19-11-6-12-20-36/h4-22,24-27,31,39-40,45H,2-3,23,28-30H2,1H3/t39-,40+,45+/m1/s1. The van der Waals surface area contributed by atoms with Crippen molar-refractivity contribution in [2.24, 2.45) is 0 Å². The molecule has 2 amide bonds. The number of unbranched alkanes of at least 4 members (excludes halogenated alkanes) is 1. The molecule has 0 radical (unpaired) electrons. The van der Waals surface area contributed by atoms with Gasteiger partial charge in [-0.05, 0) is 51.4 Å². The van der Waals surface area contributed by atoms with Gasteiger partial charge in [0.1, 0.15) is 5.82 Å². The molecule has 9 nitrogen and oxygen atoms in total. The Balaban J connectivity index is 1.10. The van der Waals surface area contributed by atoms with Crippen LogP contribution in [0.15, 0.2) is 146 Å². The molecule has 284 valence electrons. The van der Waals surface area contributed by atoms with Crippen LogP contribution in [0.5, 0.6) is 0 Å². The van der Waals surface area contributed by atoms with E-state index in [-0.39, 0.29) is 41.6 Å². The molecule has 4 heterocycles. The molecule has 0 unspecified atom stereocenters. The highest BCUT2D eigenvalue weighted by Crippen LogP contribution is 2.46. The number of aromatic nitrogens is 6. The van der Waals surface area contributed by atoms with Gasteiger partial charge in [0.25, 0.3) is 0 Å². The third kappa shape index (κ3) is 6.42. The Kier molecular flexibility index (Phi) is 9.96. The SMILES string of the molecule is CCCCc1ncc2n1[C@H](c1ccc(-c3ccccc3-c3nnn(C(c4ccccc4)(c4ccccc4)c4ccccc4)n3)cc1)C[C@@H](Br)[C@@H]2N1C(=O)CCC1=O. The maximum atomic E-state index is 13.0. The lowest BCUT2D eigenvalue weighted by molar-refractivity contribution is -0.141. The van der Waals surface area contributed by atoms with Gasteiger partial charge in [-0.2, -0.15) is 0 Å². The molecule has 0 spiro atoms. The van der Waals surface area contributed by atoms with Crippen molar-refractivity contribution in [1.82, 2.24) is 34.7 Å². The lowest BCUT2D eigenvalue weighted by Gasteiger charge is -2.39. The van der Waals surface area contributed by atoms with E-state index in [0.717, 1.165) is 69.7 Å². The van der Waals surface area contributed by atoms with Crippen LogP contribution in [0, 0.1) is 0 Å². The Labute approximate surface area is 340 Å². The molecule has 2 aromatic heterocycles. The first-order valence-electron chi connectivity index (χ1n) is 19.7. The first kappa shape index (κ1) is 36.6. The van der Waals surface area contributed by atoms with Crippen molar-refractivity contribution < 1.29 is 9.59 Å². The van der Waals surface area contributed by atoms with Crippen LogP contribution in [0.2, 0.25) is 0 Å². The van der Waals surface area contributed by atoms with Crippen LogP contribution in [0.1, 0.15) is 84.9 Å². The molecule has 57 heavy (non-hydrogen) atoms. The highest BCUT2D eigenvalue weighted by atomic mass is 79.9. The summed E-state index contributed by atoms with van der Waals surface area (Å²) < 4.78 is 2.29. The van der Waals surface area contributed by atoms with Crippen molar-refractivity contribution in [1.29, 1.82) is 0 Å². The van der Waals surface area contributed by atoms with E-state index in [1.807, 2.05) is 72.9 Å². The molecule has 2 aliphatic rings. The topological polar surface area (TPSA) is 98.8 Å². The van der Waals surface area contributed by atoms with Crippen LogP contribution in [-0.4, -0.2) is 51.3 Å². The molecule has 5 aromatic carbocycles. The summed E-state index contributed by atoms with van der Waals surface area (Å²) in [6.45, 7) is 2.18. The zero-order valence-corrected chi connectivity index (χ0v) is 33.2. The van der Waals surface area contributed by atoms with Gasteiger partial charge < -0.3 is 4.57 Å². The van der Waals surface area contributed by atoms with Gasteiger partial charge in [0.15, 0.2) is 5.54 Å². The van der Waals surface area contributed by atoms with Crippen LogP contribution in [0.3, 0.4) is 0 Å². The number of imidazole rings is 1. The summed E-state index contributed by atoms with van der Waals surface area (Å²) in [5, 5.41) is 14.7. The number of imide groups is 1. The number of likely N-dealkylation sites (tertiary alicyclic amines) is 1. The van der Waals surface area contributed by atoms with Crippen molar-refractivity contribution in [3.8, 4) is 22.5 Å². The van der Waals surface area contributed by atoms with Crippen LogP contribution < -0.4 is 0 Å². The number of amides is 2. The van der Waals surface area contributed by atoms with Crippen LogP contribution in [-0.2, 0) is 21.5 Å². The number of carbonyl (C=O) groups is 2. The number of carbonyl (C=O) groups excluding carboxylic acids is 2. The van der Waals surface area contributed by atoms with E-state index in [1.54, 1.807) is 4.80 Å². The molecule has 0 saturated carbocycles. The first-order chi connectivity index (χ1) is 28.0. The van der Waals surface area contributed by atoms with Gasteiger partial charge in [-0.1, -0.05) is 169 Å². The zero-order valence-electron chi connectivity index (χ0n) is 31.7. The van der Waals surface area contributed by atoms with Gasteiger partial charge in [0.2, 0.25) is 17.6 Å². The number of rotatable bonds is 11. The molecule has 0 bridgehead atoms. The normalized spacial score (nSPS) is 18.2. The van der Waals surface area contributed by atoms with Crippen molar-refractivity contribution in [2.45, 2.75) is 67.9 Å². The first-order valence-corrected chi connectivity index (χ1v) is 20.6. The fourth-order valence-electron chi connectivity index (χ4n) is 8.79. The minimum Gasteiger partial charge on any atom is -0.322 e. The second kappa shape index (κ2) is 15.5. The van der Waals surface area contributed by atoms with E-state index >= 15 is 0 Å². The Morgan fingerprint density at radius 1 is 0.719 bits per heavy atom. The van der Waals surface area contributed by atoms with E-state index < -0.39 is 5.54 Å². The fraction of sp³-hybridized carbons (Fsp3) is 0.234. The van der Waals surface area contributed by atoms with Crippen LogP contribution in [0.25, 0.3) is 22.5 Å². The maximum Gasteiger partial charge on any atom is 0.230 e. The Morgan fingerprint density at radius 3 is 1.86 bits per heavy atom. The maximum absolute atomic E-state index is 13.0. The number of nitrogens with zero attached hydrogens (tertiary/aromatic N) is 7. The Morgan fingerprint density at radius 2 is 1.28 bits per heavy atom. The van der Waals surface area contributed by atoms with Gasteiger partial charge in [-0.15, -0.1) is 15.0 Å². The van der Waals surface area contributed by atoms with E-state index in [4.69, 9.17) is 20.4 Å². The van der Waals surface area contributed by atoms with Crippen molar-refractivity contribution in [3.05, 3.63) is 179 Å². The summed E-state index contributed by atoms with van der Waals surface area (Å²) in [4.78, 5) is 33.9. The van der Waals surface area contributed by atoms with E-state index in [2.05, 4.69) is 100 Å². The van der Waals surface area contributed by atoms with Crippen molar-refractivity contribution in [2.75, 3.05) is 0 Å². The Bertz CT molecular complexity index is 2410. The van der Waals surface area contributed by atoms with Gasteiger partial charge in [0.05, 0.1) is 24.0 Å². The lowest BCUT2D eigenvalue weighted by atomic mass is 9.77. The quantitative estimate of drug-likeness (QED) is 0.0734. The summed E-state index contributed by atoms with van der Waals surface area (Å²) in [5.41, 5.74) is 7.12. The predicted octanol–water partition coefficient (Wildman–Crippen LogP) is 9.33. The van der Waals surface area contributed by atoms with Crippen LogP contribution in [0.4, 0.5) is 0 Å². The number of fused-ring (bicyclic) bond motifs is 1. The fourth-order valence-corrected chi connectivity index (χ4v) is 9.65. The predicted molar refractivity (Wildman–Crippen MR) is 223 cm³/mol. The summed E-state index contributed by atoms with van der Waals surface area (Å²) >= 11 is 3.93. The highest BCUT2D eigenvalue weighted by molar-refractivity contribution is 9.09. The molecular weight excluding hydrogens is 774 g/mol. The lowest BCUT2D eigenvalue weighted by Crippen LogP contribution is -2.43. The molecule has 2 aliphatic heterocycles. The van der Waals surface area contributed by atoms with Gasteiger partial charge in [-0.25, -0.2) is 4.98 Å². The third-order valence-electron chi connectivity index (χ3n) is 11.5. The molecule has 10 heteroatoms. The number of benzene rings is 5. The molecule has 0 N–H and O–H groups in total. The van der Waals surface area contributed by atoms with E-state index in [1.165, 1.54) is 4.90 Å².